The summed E-state index contributed by atoms with van der Waals surface area (Å²) in [6.07, 6.45) is 1.25. The fraction of sp³-hybridized carbons (Fsp3) is 1.00. The van der Waals surface area contributed by atoms with Gasteiger partial charge in [-0.1, -0.05) is 20.8 Å². The van der Waals surface area contributed by atoms with E-state index in [4.69, 9.17) is 4.74 Å². The van der Waals surface area contributed by atoms with Crippen LogP contribution in [0.3, 0.4) is 0 Å². The van der Waals surface area contributed by atoms with Gasteiger partial charge < -0.3 is 4.74 Å². The van der Waals surface area contributed by atoms with E-state index in [1.54, 1.807) is 0 Å². The molecule has 0 unspecified atom stereocenters. The molecule has 1 rings (SSSR count). The molecule has 2 atom stereocenters. The molecule has 0 aromatic carbocycles. The SMILES string of the molecule is CC(C)[C@@H]1COCC[C@@H]1C. The Morgan fingerprint density at radius 3 is 2.50 bits per heavy atom. The maximum atomic E-state index is 5.41. The summed E-state index contributed by atoms with van der Waals surface area (Å²) in [5.74, 6) is 2.46. The second-order valence-corrected chi connectivity index (χ2v) is 3.75. The third-order valence-electron chi connectivity index (χ3n) is 2.62. The molecule has 0 radical (unpaired) electrons. The van der Waals surface area contributed by atoms with Crippen LogP contribution in [0.1, 0.15) is 27.2 Å². The van der Waals surface area contributed by atoms with Crippen molar-refractivity contribution in [1.29, 1.82) is 0 Å². The maximum absolute atomic E-state index is 5.41. The summed E-state index contributed by atoms with van der Waals surface area (Å²) in [5.41, 5.74) is 0. The third kappa shape index (κ3) is 1.72. The predicted octanol–water partition coefficient (Wildman–Crippen LogP) is 2.32. The quantitative estimate of drug-likeness (QED) is 0.546. The van der Waals surface area contributed by atoms with Crippen molar-refractivity contribution in [2.24, 2.45) is 17.8 Å². The van der Waals surface area contributed by atoms with Gasteiger partial charge in [0, 0.05) is 13.2 Å². The van der Waals surface area contributed by atoms with E-state index < -0.39 is 0 Å². The van der Waals surface area contributed by atoms with E-state index in [9.17, 15) is 0 Å². The third-order valence-corrected chi connectivity index (χ3v) is 2.62. The van der Waals surface area contributed by atoms with Gasteiger partial charge in [0.05, 0.1) is 0 Å². The Balaban J connectivity index is 2.40. The van der Waals surface area contributed by atoms with Gasteiger partial charge in [0.1, 0.15) is 0 Å². The highest BCUT2D eigenvalue weighted by atomic mass is 16.5. The zero-order valence-corrected chi connectivity index (χ0v) is 7.26. The van der Waals surface area contributed by atoms with E-state index in [2.05, 4.69) is 20.8 Å². The Bertz CT molecular complexity index is 98.9. The lowest BCUT2D eigenvalue weighted by molar-refractivity contribution is 0.00386. The number of ether oxygens (including phenoxy) is 1. The summed E-state index contributed by atoms with van der Waals surface area (Å²) < 4.78 is 5.41. The molecular formula is C9H18O. The Labute approximate surface area is 63.8 Å². The highest BCUT2D eigenvalue weighted by Crippen LogP contribution is 2.27. The molecule has 1 heterocycles. The first-order valence-electron chi connectivity index (χ1n) is 4.29. The first kappa shape index (κ1) is 8.06. The molecule has 0 bridgehead atoms. The molecule has 60 valence electrons. The molecule has 0 N–H and O–H groups in total. The Hall–Kier alpha value is -0.0400. The minimum Gasteiger partial charge on any atom is -0.381 e. The molecule has 1 aliphatic heterocycles. The highest BCUT2D eigenvalue weighted by Gasteiger charge is 2.24. The standard InChI is InChI=1S/C9H18O/c1-7(2)9-6-10-5-4-8(9)3/h7-9H,4-6H2,1-3H3/t8-,9-/m0/s1. The monoisotopic (exact) mass is 142 g/mol. The topological polar surface area (TPSA) is 9.23 Å². The molecule has 0 aromatic rings. The Morgan fingerprint density at radius 2 is 2.10 bits per heavy atom. The summed E-state index contributed by atoms with van der Waals surface area (Å²) >= 11 is 0. The van der Waals surface area contributed by atoms with Crippen molar-refractivity contribution in [2.75, 3.05) is 13.2 Å². The predicted molar refractivity (Wildman–Crippen MR) is 42.9 cm³/mol. The van der Waals surface area contributed by atoms with Crippen LogP contribution in [0, 0.1) is 17.8 Å². The molecule has 10 heavy (non-hydrogen) atoms. The zero-order valence-electron chi connectivity index (χ0n) is 7.26. The fourth-order valence-corrected chi connectivity index (χ4v) is 1.72. The molecule has 0 spiro atoms. The van der Waals surface area contributed by atoms with Gasteiger partial charge in [0.2, 0.25) is 0 Å². The van der Waals surface area contributed by atoms with Gasteiger partial charge in [0.25, 0.3) is 0 Å². The molecule has 0 saturated carbocycles. The van der Waals surface area contributed by atoms with Crippen molar-refractivity contribution < 1.29 is 4.74 Å². The Kier molecular flexibility index (Phi) is 2.72. The molecule has 1 aliphatic rings. The molecule has 1 fully saturated rings. The summed E-state index contributed by atoms with van der Waals surface area (Å²) in [5, 5.41) is 0. The largest absolute Gasteiger partial charge is 0.381 e. The van der Waals surface area contributed by atoms with Gasteiger partial charge in [-0.2, -0.15) is 0 Å². The van der Waals surface area contributed by atoms with Crippen molar-refractivity contribution >= 4 is 0 Å². The second-order valence-electron chi connectivity index (χ2n) is 3.75. The molecule has 0 amide bonds. The molecule has 1 nitrogen and oxygen atoms in total. The molecule has 1 heteroatoms. The van der Waals surface area contributed by atoms with Gasteiger partial charge in [-0.3, -0.25) is 0 Å². The summed E-state index contributed by atoms with van der Waals surface area (Å²) in [7, 11) is 0. The first-order chi connectivity index (χ1) is 4.72. The number of hydrogen-bond acceptors (Lipinski definition) is 1. The summed E-state index contributed by atoms with van der Waals surface area (Å²) in [4.78, 5) is 0. The van der Waals surface area contributed by atoms with Crippen LogP contribution in [0.15, 0.2) is 0 Å². The Morgan fingerprint density at radius 1 is 1.40 bits per heavy atom. The molecular weight excluding hydrogens is 124 g/mol. The lowest BCUT2D eigenvalue weighted by atomic mass is 9.82. The minimum atomic E-state index is 0.787. The number of hydrogen-bond donors (Lipinski definition) is 0. The molecule has 0 aromatic heterocycles. The van der Waals surface area contributed by atoms with E-state index in [1.165, 1.54) is 6.42 Å². The van der Waals surface area contributed by atoms with Crippen molar-refractivity contribution in [3.05, 3.63) is 0 Å². The van der Waals surface area contributed by atoms with Crippen molar-refractivity contribution in [2.45, 2.75) is 27.2 Å². The van der Waals surface area contributed by atoms with Gasteiger partial charge >= 0.3 is 0 Å². The van der Waals surface area contributed by atoms with Crippen LogP contribution < -0.4 is 0 Å². The van der Waals surface area contributed by atoms with E-state index in [1.807, 2.05) is 0 Å². The van der Waals surface area contributed by atoms with E-state index in [-0.39, 0.29) is 0 Å². The van der Waals surface area contributed by atoms with Gasteiger partial charge in [-0.15, -0.1) is 0 Å². The van der Waals surface area contributed by atoms with Crippen molar-refractivity contribution in [3.8, 4) is 0 Å². The summed E-state index contributed by atoms with van der Waals surface area (Å²) in [6, 6.07) is 0. The normalized spacial score (nSPS) is 34.8. The van der Waals surface area contributed by atoms with Crippen LogP contribution >= 0.6 is 0 Å². The average Bonchev–Trinajstić information content (AvgIpc) is 1.88. The lowest BCUT2D eigenvalue weighted by Crippen LogP contribution is -2.29. The van der Waals surface area contributed by atoms with Crippen LogP contribution in [0.5, 0.6) is 0 Å². The van der Waals surface area contributed by atoms with E-state index >= 15 is 0 Å². The van der Waals surface area contributed by atoms with Crippen molar-refractivity contribution in [3.63, 3.8) is 0 Å². The average molecular weight is 142 g/mol. The van der Waals surface area contributed by atoms with Crippen LogP contribution in [-0.4, -0.2) is 13.2 Å². The van der Waals surface area contributed by atoms with Crippen LogP contribution in [0.2, 0.25) is 0 Å². The minimum absolute atomic E-state index is 0.787. The number of rotatable bonds is 1. The van der Waals surface area contributed by atoms with Crippen molar-refractivity contribution in [1.82, 2.24) is 0 Å². The van der Waals surface area contributed by atoms with Crippen LogP contribution in [0.4, 0.5) is 0 Å². The van der Waals surface area contributed by atoms with Gasteiger partial charge in [0.15, 0.2) is 0 Å². The highest BCUT2D eigenvalue weighted by molar-refractivity contribution is 4.72. The summed E-state index contributed by atoms with van der Waals surface area (Å²) in [6.45, 7) is 8.88. The zero-order chi connectivity index (χ0) is 7.56. The van der Waals surface area contributed by atoms with Crippen LogP contribution in [0.25, 0.3) is 0 Å². The fourth-order valence-electron chi connectivity index (χ4n) is 1.72. The maximum Gasteiger partial charge on any atom is 0.0499 e. The van der Waals surface area contributed by atoms with Crippen LogP contribution in [-0.2, 0) is 4.74 Å². The smallest absolute Gasteiger partial charge is 0.0499 e. The first-order valence-corrected chi connectivity index (χ1v) is 4.29. The van der Waals surface area contributed by atoms with E-state index in [0.29, 0.717) is 0 Å². The van der Waals surface area contributed by atoms with Gasteiger partial charge in [-0.25, -0.2) is 0 Å². The molecule has 0 aliphatic carbocycles. The second kappa shape index (κ2) is 3.38. The molecule has 1 saturated heterocycles. The van der Waals surface area contributed by atoms with E-state index in [0.717, 1.165) is 31.0 Å². The van der Waals surface area contributed by atoms with Gasteiger partial charge in [-0.05, 0) is 24.2 Å². The lowest BCUT2D eigenvalue weighted by Gasteiger charge is -2.31.